The van der Waals surface area contributed by atoms with Crippen molar-refractivity contribution < 1.29 is 4.74 Å². The van der Waals surface area contributed by atoms with Gasteiger partial charge in [-0.2, -0.15) is 0 Å². The van der Waals surface area contributed by atoms with E-state index in [1.165, 1.54) is 33.4 Å². The smallest absolute Gasteiger partial charge is 0.128 e. The van der Waals surface area contributed by atoms with Crippen molar-refractivity contribution in [2.24, 2.45) is 0 Å². The van der Waals surface area contributed by atoms with Crippen LogP contribution in [0.2, 0.25) is 0 Å². The summed E-state index contributed by atoms with van der Waals surface area (Å²) in [4.78, 5) is 8.92. The summed E-state index contributed by atoms with van der Waals surface area (Å²) in [5, 5.41) is 0. The molecular weight excluding hydrogens is 272 g/mol. The minimum Gasteiger partial charge on any atom is -0.488 e. The normalized spacial score (nSPS) is 17.0. The third-order valence-corrected chi connectivity index (χ3v) is 4.76. The Morgan fingerprint density at radius 1 is 1.09 bits per heavy atom. The SMILES string of the molecule is CC1c2cccnc2-c2ccc3c(c21)-c1cnccc1CO3. The van der Waals surface area contributed by atoms with Gasteiger partial charge in [0.1, 0.15) is 12.4 Å². The maximum Gasteiger partial charge on any atom is 0.128 e. The van der Waals surface area contributed by atoms with E-state index in [1.54, 1.807) is 0 Å². The average Bonchev–Trinajstić information content (AvgIpc) is 2.88. The fourth-order valence-electron chi connectivity index (χ4n) is 3.73. The Kier molecular flexibility index (Phi) is 2.26. The molecule has 2 aromatic heterocycles. The van der Waals surface area contributed by atoms with Gasteiger partial charge in [-0.15, -0.1) is 0 Å². The van der Waals surface area contributed by atoms with Crippen LogP contribution in [0.5, 0.6) is 5.75 Å². The number of aromatic nitrogens is 2. The second-order valence-corrected chi connectivity index (χ2v) is 5.88. The molecule has 3 nitrogen and oxygen atoms in total. The maximum atomic E-state index is 5.97. The van der Waals surface area contributed by atoms with Crippen LogP contribution in [0.1, 0.15) is 29.5 Å². The molecule has 3 heterocycles. The van der Waals surface area contributed by atoms with E-state index in [1.807, 2.05) is 30.7 Å². The zero-order valence-corrected chi connectivity index (χ0v) is 12.2. The summed E-state index contributed by atoms with van der Waals surface area (Å²) < 4.78 is 5.97. The standard InChI is InChI=1S/C19H14N2O/c1-11-13-3-2-7-21-19(13)14-4-5-16-18(17(11)14)15-9-20-8-6-12(15)10-22-16/h2-9,11H,10H2,1H3. The third-order valence-electron chi connectivity index (χ3n) is 4.76. The molecule has 3 heteroatoms. The van der Waals surface area contributed by atoms with Gasteiger partial charge in [-0.25, -0.2) is 0 Å². The van der Waals surface area contributed by atoms with Gasteiger partial charge in [0.2, 0.25) is 0 Å². The summed E-state index contributed by atoms with van der Waals surface area (Å²) in [6.45, 7) is 2.86. The second kappa shape index (κ2) is 4.17. The third kappa shape index (κ3) is 1.40. The van der Waals surface area contributed by atoms with Gasteiger partial charge < -0.3 is 4.74 Å². The number of pyridine rings is 2. The summed E-state index contributed by atoms with van der Waals surface area (Å²) in [5.74, 6) is 1.28. The van der Waals surface area contributed by atoms with Gasteiger partial charge in [-0.1, -0.05) is 13.0 Å². The Labute approximate surface area is 128 Å². The molecule has 0 bridgehead atoms. The van der Waals surface area contributed by atoms with E-state index in [2.05, 4.69) is 35.1 Å². The monoisotopic (exact) mass is 286 g/mol. The molecule has 5 rings (SSSR count). The summed E-state index contributed by atoms with van der Waals surface area (Å²) in [7, 11) is 0. The van der Waals surface area contributed by atoms with Crippen LogP contribution in [0.3, 0.4) is 0 Å². The molecule has 2 aliphatic rings. The molecule has 1 atom stereocenters. The number of nitrogens with zero attached hydrogens (tertiary/aromatic N) is 2. The van der Waals surface area contributed by atoms with Crippen molar-refractivity contribution in [2.45, 2.75) is 19.4 Å². The van der Waals surface area contributed by atoms with Crippen molar-refractivity contribution in [2.75, 3.05) is 0 Å². The van der Waals surface area contributed by atoms with Crippen LogP contribution in [0.15, 0.2) is 48.9 Å². The Morgan fingerprint density at radius 3 is 3.00 bits per heavy atom. The lowest BCUT2D eigenvalue weighted by atomic mass is 9.88. The molecule has 0 amide bonds. The fourth-order valence-corrected chi connectivity index (χ4v) is 3.73. The predicted octanol–water partition coefficient (Wildman–Crippen LogP) is 4.17. The molecule has 1 unspecified atom stereocenters. The first-order valence-electron chi connectivity index (χ1n) is 7.53. The molecule has 0 spiro atoms. The molecule has 106 valence electrons. The lowest BCUT2D eigenvalue weighted by Crippen LogP contribution is -2.08. The average molecular weight is 286 g/mol. The van der Waals surface area contributed by atoms with Crippen LogP contribution >= 0.6 is 0 Å². The molecular formula is C19H14N2O. The highest BCUT2D eigenvalue weighted by Gasteiger charge is 2.33. The number of fused-ring (bicyclic) bond motifs is 7. The van der Waals surface area contributed by atoms with E-state index in [0.717, 1.165) is 11.4 Å². The molecule has 0 saturated carbocycles. The zero-order chi connectivity index (χ0) is 14.7. The van der Waals surface area contributed by atoms with Crippen LogP contribution < -0.4 is 4.74 Å². The van der Waals surface area contributed by atoms with Gasteiger partial charge in [0.25, 0.3) is 0 Å². The minimum absolute atomic E-state index is 0.323. The summed E-state index contributed by atoms with van der Waals surface area (Å²) in [6, 6.07) is 10.4. The highest BCUT2D eigenvalue weighted by Crippen LogP contribution is 2.52. The first-order chi connectivity index (χ1) is 10.8. The van der Waals surface area contributed by atoms with Crippen LogP contribution in [0.25, 0.3) is 22.4 Å². The van der Waals surface area contributed by atoms with E-state index < -0.39 is 0 Å². The summed E-state index contributed by atoms with van der Waals surface area (Å²) in [6.07, 6.45) is 5.66. The predicted molar refractivity (Wildman–Crippen MR) is 84.8 cm³/mol. The topological polar surface area (TPSA) is 35.0 Å². The van der Waals surface area contributed by atoms with Crippen LogP contribution in [-0.4, -0.2) is 9.97 Å². The van der Waals surface area contributed by atoms with Crippen molar-refractivity contribution in [3.05, 3.63) is 65.6 Å². The molecule has 3 aromatic rings. The Morgan fingerprint density at radius 2 is 2.05 bits per heavy atom. The van der Waals surface area contributed by atoms with Crippen molar-refractivity contribution >= 4 is 0 Å². The van der Waals surface area contributed by atoms with Crippen LogP contribution in [0, 0.1) is 0 Å². The van der Waals surface area contributed by atoms with E-state index in [0.29, 0.717) is 12.5 Å². The van der Waals surface area contributed by atoms with E-state index >= 15 is 0 Å². The molecule has 0 saturated heterocycles. The molecule has 22 heavy (non-hydrogen) atoms. The van der Waals surface area contributed by atoms with Crippen molar-refractivity contribution in [3.8, 4) is 28.1 Å². The number of rotatable bonds is 0. The molecule has 0 radical (unpaired) electrons. The van der Waals surface area contributed by atoms with Crippen molar-refractivity contribution in [1.82, 2.24) is 9.97 Å². The number of ether oxygens (including phenoxy) is 1. The number of hydrogen-bond donors (Lipinski definition) is 0. The molecule has 1 aliphatic carbocycles. The minimum atomic E-state index is 0.323. The van der Waals surface area contributed by atoms with Crippen LogP contribution in [-0.2, 0) is 6.61 Å². The zero-order valence-electron chi connectivity index (χ0n) is 12.2. The number of benzene rings is 1. The van der Waals surface area contributed by atoms with E-state index in [-0.39, 0.29) is 0 Å². The maximum absolute atomic E-state index is 5.97. The Hall–Kier alpha value is -2.68. The Bertz CT molecular complexity index is 917. The van der Waals surface area contributed by atoms with E-state index in [9.17, 15) is 0 Å². The molecule has 1 aromatic carbocycles. The second-order valence-electron chi connectivity index (χ2n) is 5.88. The molecule has 0 N–H and O–H groups in total. The molecule has 0 fully saturated rings. The quantitative estimate of drug-likeness (QED) is 0.622. The van der Waals surface area contributed by atoms with Gasteiger partial charge in [-0.05, 0) is 35.4 Å². The lowest BCUT2D eigenvalue weighted by Gasteiger charge is -2.24. The fraction of sp³-hybridized carbons (Fsp3) is 0.158. The van der Waals surface area contributed by atoms with Gasteiger partial charge in [0, 0.05) is 46.8 Å². The van der Waals surface area contributed by atoms with Gasteiger partial charge in [-0.3, -0.25) is 9.97 Å². The first-order valence-corrected chi connectivity index (χ1v) is 7.53. The Balaban J connectivity index is 1.87. The van der Waals surface area contributed by atoms with Gasteiger partial charge in [0.05, 0.1) is 5.69 Å². The largest absolute Gasteiger partial charge is 0.488 e. The highest BCUT2D eigenvalue weighted by atomic mass is 16.5. The van der Waals surface area contributed by atoms with Crippen molar-refractivity contribution in [1.29, 1.82) is 0 Å². The molecule has 1 aliphatic heterocycles. The summed E-state index contributed by atoms with van der Waals surface area (Å²) in [5.41, 5.74) is 8.53. The highest BCUT2D eigenvalue weighted by molar-refractivity contribution is 5.89. The first kappa shape index (κ1) is 11.9. The number of hydrogen-bond acceptors (Lipinski definition) is 3. The van der Waals surface area contributed by atoms with Gasteiger partial charge >= 0.3 is 0 Å². The van der Waals surface area contributed by atoms with Crippen molar-refractivity contribution in [3.63, 3.8) is 0 Å². The van der Waals surface area contributed by atoms with Crippen LogP contribution in [0.4, 0.5) is 0 Å². The van der Waals surface area contributed by atoms with E-state index in [4.69, 9.17) is 4.74 Å². The lowest BCUT2D eigenvalue weighted by molar-refractivity contribution is 0.302. The summed E-state index contributed by atoms with van der Waals surface area (Å²) >= 11 is 0. The van der Waals surface area contributed by atoms with Gasteiger partial charge in [0.15, 0.2) is 0 Å².